The first kappa shape index (κ1) is 12.0. The maximum Gasteiger partial charge on any atom is 0.0880 e. The van der Waals surface area contributed by atoms with Crippen molar-refractivity contribution in [3.05, 3.63) is 29.8 Å². The van der Waals surface area contributed by atoms with Gasteiger partial charge in [0, 0.05) is 23.5 Å². The monoisotopic (exact) mass is 238 g/mol. The quantitative estimate of drug-likeness (QED) is 0.747. The molecule has 16 heavy (non-hydrogen) atoms. The van der Waals surface area contributed by atoms with Crippen molar-refractivity contribution >= 4 is 12.0 Å². The van der Waals surface area contributed by atoms with Crippen molar-refractivity contribution in [2.24, 2.45) is 0 Å². The second-order valence-electron chi connectivity index (χ2n) is 4.17. The maximum atomic E-state index is 5.60. The van der Waals surface area contributed by atoms with E-state index in [4.69, 9.17) is 8.92 Å². The van der Waals surface area contributed by atoms with Crippen LogP contribution in [0.1, 0.15) is 24.8 Å². The molecule has 1 saturated heterocycles. The van der Waals surface area contributed by atoms with Crippen LogP contribution in [0.5, 0.6) is 0 Å². The molecule has 0 bridgehead atoms. The molecule has 1 fully saturated rings. The lowest BCUT2D eigenvalue weighted by Crippen LogP contribution is -2.23. The van der Waals surface area contributed by atoms with E-state index in [1.807, 2.05) is 0 Å². The van der Waals surface area contributed by atoms with Gasteiger partial charge < -0.3 is 8.92 Å². The standard InChI is InChI=1S/C13H18O2S/c1-11-5-7-13(8-6-11)16-15-10-12-4-2-3-9-14-12/h5-8,12H,2-4,9-10H2,1H3. The lowest BCUT2D eigenvalue weighted by atomic mass is 10.1. The molecule has 0 radical (unpaired) electrons. The molecule has 1 aromatic rings. The molecule has 1 aromatic carbocycles. The summed E-state index contributed by atoms with van der Waals surface area (Å²) in [5.41, 5.74) is 1.28. The fraction of sp³-hybridized carbons (Fsp3) is 0.538. The average Bonchev–Trinajstić information content (AvgIpc) is 2.33. The number of aryl methyl sites for hydroxylation is 1. The molecule has 1 aliphatic rings. The summed E-state index contributed by atoms with van der Waals surface area (Å²) >= 11 is 1.44. The zero-order valence-corrected chi connectivity index (χ0v) is 10.5. The van der Waals surface area contributed by atoms with Gasteiger partial charge in [0.1, 0.15) is 0 Å². The highest BCUT2D eigenvalue weighted by molar-refractivity contribution is 7.94. The third-order valence-corrected chi connectivity index (χ3v) is 3.42. The summed E-state index contributed by atoms with van der Waals surface area (Å²) < 4.78 is 11.2. The number of ether oxygens (including phenoxy) is 1. The van der Waals surface area contributed by atoms with Gasteiger partial charge in [0.2, 0.25) is 0 Å². The minimum atomic E-state index is 0.298. The van der Waals surface area contributed by atoms with Crippen molar-refractivity contribution in [1.29, 1.82) is 0 Å². The van der Waals surface area contributed by atoms with E-state index in [-0.39, 0.29) is 0 Å². The van der Waals surface area contributed by atoms with Crippen molar-refractivity contribution < 1.29 is 8.92 Å². The third kappa shape index (κ3) is 3.81. The van der Waals surface area contributed by atoms with E-state index in [1.165, 1.54) is 30.4 Å². The summed E-state index contributed by atoms with van der Waals surface area (Å²) in [5, 5.41) is 0. The van der Waals surface area contributed by atoms with Crippen molar-refractivity contribution in [2.45, 2.75) is 37.2 Å². The van der Waals surface area contributed by atoms with E-state index >= 15 is 0 Å². The highest BCUT2D eigenvalue weighted by Gasteiger charge is 2.13. The molecule has 88 valence electrons. The summed E-state index contributed by atoms with van der Waals surface area (Å²) in [6.45, 7) is 3.67. The summed E-state index contributed by atoms with van der Waals surface area (Å²) in [4.78, 5) is 1.15. The van der Waals surface area contributed by atoms with Crippen LogP contribution in [-0.4, -0.2) is 19.3 Å². The average molecular weight is 238 g/mol. The molecule has 2 nitrogen and oxygen atoms in total. The molecular weight excluding hydrogens is 220 g/mol. The molecule has 3 heteroatoms. The Bertz CT molecular complexity index is 304. The number of hydrogen-bond donors (Lipinski definition) is 0. The van der Waals surface area contributed by atoms with Crippen molar-refractivity contribution in [3.63, 3.8) is 0 Å². The van der Waals surface area contributed by atoms with Gasteiger partial charge in [-0.2, -0.15) is 0 Å². The fourth-order valence-corrected chi connectivity index (χ4v) is 2.31. The Morgan fingerprint density at radius 2 is 2.12 bits per heavy atom. The fourth-order valence-electron chi connectivity index (χ4n) is 1.71. The Balaban J connectivity index is 1.69. The smallest absolute Gasteiger partial charge is 0.0880 e. The molecule has 1 heterocycles. The van der Waals surface area contributed by atoms with Gasteiger partial charge in [0.05, 0.1) is 12.7 Å². The summed E-state index contributed by atoms with van der Waals surface area (Å²) in [5.74, 6) is 0. The molecule has 0 N–H and O–H groups in total. The van der Waals surface area contributed by atoms with Crippen molar-refractivity contribution in [1.82, 2.24) is 0 Å². The largest absolute Gasteiger partial charge is 0.376 e. The Hall–Kier alpha value is -0.510. The van der Waals surface area contributed by atoms with Crippen LogP contribution in [0.3, 0.4) is 0 Å². The first-order valence-electron chi connectivity index (χ1n) is 5.82. The van der Waals surface area contributed by atoms with E-state index in [0.717, 1.165) is 17.9 Å². The Morgan fingerprint density at radius 1 is 1.31 bits per heavy atom. The van der Waals surface area contributed by atoms with Gasteiger partial charge in [-0.25, -0.2) is 0 Å². The Kier molecular flexibility index (Phi) is 4.69. The maximum absolute atomic E-state index is 5.60. The van der Waals surface area contributed by atoms with E-state index in [9.17, 15) is 0 Å². The van der Waals surface area contributed by atoms with Crippen LogP contribution in [-0.2, 0) is 8.92 Å². The molecule has 0 amide bonds. The van der Waals surface area contributed by atoms with Crippen LogP contribution < -0.4 is 0 Å². The van der Waals surface area contributed by atoms with Gasteiger partial charge in [0.15, 0.2) is 0 Å². The number of rotatable bonds is 4. The lowest BCUT2D eigenvalue weighted by molar-refractivity contribution is -0.00704. The number of benzene rings is 1. The molecule has 0 spiro atoms. The minimum absolute atomic E-state index is 0.298. The second kappa shape index (κ2) is 6.28. The summed E-state index contributed by atoms with van der Waals surface area (Å²) in [6.07, 6.45) is 3.89. The van der Waals surface area contributed by atoms with Crippen LogP contribution in [0.2, 0.25) is 0 Å². The zero-order valence-electron chi connectivity index (χ0n) is 9.65. The second-order valence-corrected chi connectivity index (χ2v) is 5.04. The summed E-state index contributed by atoms with van der Waals surface area (Å²) in [6, 6.07) is 8.37. The molecule has 0 saturated carbocycles. The molecule has 1 unspecified atom stereocenters. The van der Waals surface area contributed by atoms with Gasteiger partial charge in [0.25, 0.3) is 0 Å². The van der Waals surface area contributed by atoms with Gasteiger partial charge in [-0.3, -0.25) is 0 Å². The molecule has 0 aliphatic carbocycles. The van der Waals surface area contributed by atoms with Crippen LogP contribution in [0.25, 0.3) is 0 Å². The van der Waals surface area contributed by atoms with Crippen LogP contribution in [0.4, 0.5) is 0 Å². The van der Waals surface area contributed by atoms with Crippen molar-refractivity contribution in [3.8, 4) is 0 Å². The topological polar surface area (TPSA) is 18.5 Å². The van der Waals surface area contributed by atoms with Gasteiger partial charge in [-0.05, 0) is 38.3 Å². The molecule has 1 aliphatic heterocycles. The number of hydrogen-bond acceptors (Lipinski definition) is 3. The Morgan fingerprint density at radius 3 is 2.81 bits per heavy atom. The highest BCUT2D eigenvalue weighted by atomic mass is 32.2. The normalized spacial score (nSPS) is 20.9. The molecule has 2 rings (SSSR count). The first-order chi connectivity index (χ1) is 7.84. The van der Waals surface area contributed by atoms with Gasteiger partial charge in [-0.1, -0.05) is 17.7 Å². The first-order valence-corrected chi connectivity index (χ1v) is 6.56. The molecule has 1 atom stereocenters. The third-order valence-electron chi connectivity index (χ3n) is 2.70. The highest BCUT2D eigenvalue weighted by Crippen LogP contribution is 2.21. The van der Waals surface area contributed by atoms with Crippen LogP contribution >= 0.6 is 12.0 Å². The predicted octanol–water partition coefficient (Wildman–Crippen LogP) is 3.59. The van der Waals surface area contributed by atoms with E-state index < -0.39 is 0 Å². The van der Waals surface area contributed by atoms with Crippen LogP contribution in [0, 0.1) is 6.92 Å². The molecule has 0 aromatic heterocycles. The van der Waals surface area contributed by atoms with E-state index in [2.05, 4.69) is 31.2 Å². The minimum Gasteiger partial charge on any atom is -0.376 e. The van der Waals surface area contributed by atoms with Crippen molar-refractivity contribution in [2.75, 3.05) is 13.2 Å². The Labute approximate surface area is 102 Å². The zero-order chi connectivity index (χ0) is 11.2. The van der Waals surface area contributed by atoms with Crippen LogP contribution in [0.15, 0.2) is 29.2 Å². The van der Waals surface area contributed by atoms with E-state index in [1.54, 1.807) is 0 Å². The summed E-state index contributed by atoms with van der Waals surface area (Å²) in [7, 11) is 0. The molecular formula is C13H18O2S. The SMILES string of the molecule is Cc1ccc(SOCC2CCCCO2)cc1. The predicted molar refractivity (Wildman–Crippen MR) is 66.6 cm³/mol. The lowest BCUT2D eigenvalue weighted by Gasteiger charge is -2.21. The van der Waals surface area contributed by atoms with Gasteiger partial charge >= 0.3 is 0 Å². The van der Waals surface area contributed by atoms with Gasteiger partial charge in [-0.15, -0.1) is 0 Å². The van der Waals surface area contributed by atoms with E-state index in [0.29, 0.717) is 12.7 Å².